The number of hydrogen-bond donors (Lipinski definition) is 0. The van der Waals surface area contributed by atoms with Crippen molar-refractivity contribution in [3.8, 4) is 0 Å². The predicted octanol–water partition coefficient (Wildman–Crippen LogP) is 2.67. The Balaban J connectivity index is 3.05. The lowest BCUT2D eigenvalue weighted by Crippen LogP contribution is -1.98. The number of aryl methyl sites for hydroxylation is 1. The van der Waals surface area contributed by atoms with Gasteiger partial charge >= 0.3 is 0 Å². The van der Waals surface area contributed by atoms with Gasteiger partial charge in [-0.05, 0) is 22.9 Å². The molecule has 1 aromatic rings. The Hall–Kier alpha value is -0.440. The van der Waals surface area contributed by atoms with Gasteiger partial charge in [-0.25, -0.2) is 9.97 Å². The lowest BCUT2D eigenvalue weighted by atomic mass is 10.2. The molecule has 60 valence electrons. The van der Waals surface area contributed by atoms with Gasteiger partial charge in [-0.2, -0.15) is 0 Å². The maximum atomic E-state index is 4.28. The standard InChI is InChI=1S/C8H11BrN2/c1-5(2)8-10-4-6(3)7(9)11-8/h4-5H,1-3H3. The van der Waals surface area contributed by atoms with E-state index in [0.29, 0.717) is 5.92 Å². The van der Waals surface area contributed by atoms with Gasteiger partial charge in [0.2, 0.25) is 0 Å². The molecule has 0 saturated carbocycles. The van der Waals surface area contributed by atoms with Crippen LogP contribution in [0.25, 0.3) is 0 Å². The molecule has 0 bridgehead atoms. The summed E-state index contributed by atoms with van der Waals surface area (Å²) in [5.74, 6) is 1.29. The van der Waals surface area contributed by atoms with Crippen molar-refractivity contribution in [1.29, 1.82) is 0 Å². The Bertz CT molecular complexity index is 258. The molecule has 0 saturated heterocycles. The summed E-state index contributed by atoms with van der Waals surface area (Å²) in [6, 6.07) is 0. The van der Waals surface area contributed by atoms with Crippen LogP contribution in [0.3, 0.4) is 0 Å². The first-order chi connectivity index (χ1) is 5.11. The summed E-state index contributed by atoms with van der Waals surface area (Å²) in [4.78, 5) is 8.48. The zero-order valence-corrected chi connectivity index (χ0v) is 8.51. The van der Waals surface area contributed by atoms with Crippen molar-refractivity contribution in [2.75, 3.05) is 0 Å². The van der Waals surface area contributed by atoms with Gasteiger partial charge in [-0.3, -0.25) is 0 Å². The number of hydrogen-bond acceptors (Lipinski definition) is 2. The highest BCUT2D eigenvalue weighted by molar-refractivity contribution is 9.10. The molecule has 2 nitrogen and oxygen atoms in total. The molecule has 0 fully saturated rings. The lowest BCUT2D eigenvalue weighted by molar-refractivity contribution is 0.765. The van der Waals surface area contributed by atoms with E-state index >= 15 is 0 Å². The topological polar surface area (TPSA) is 25.8 Å². The molecule has 0 aromatic carbocycles. The van der Waals surface area contributed by atoms with Crippen molar-refractivity contribution >= 4 is 15.9 Å². The molecular weight excluding hydrogens is 204 g/mol. The molecule has 0 aliphatic rings. The van der Waals surface area contributed by atoms with E-state index in [9.17, 15) is 0 Å². The van der Waals surface area contributed by atoms with Gasteiger partial charge in [0.15, 0.2) is 0 Å². The molecule has 0 aliphatic heterocycles. The SMILES string of the molecule is Cc1cnc(C(C)C)nc1Br. The van der Waals surface area contributed by atoms with E-state index in [1.165, 1.54) is 0 Å². The maximum absolute atomic E-state index is 4.28. The minimum Gasteiger partial charge on any atom is -0.241 e. The Kier molecular flexibility index (Phi) is 2.60. The van der Waals surface area contributed by atoms with Crippen LogP contribution in [-0.4, -0.2) is 9.97 Å². The zero-order valence-electron chi connectivity index (χ0n) is 6.93. The predicted molar refractivity (Wildman–Crippen MR) is 48.6 cm³/mol. The fraction of sp³-hybridized carbons (Fsp3) is 0.500. The molecule has 0 aliphatic carbocycles. The zero-order chi connectivity index (χ0) is 8.43. The van der Waals surface area contributed by atoms with E-state index in [1.54, 1.807) is 0 Å². The van der Waals surface area contributed by atoms with Gasteiger partial charge in [-0.15, -0.1) is 0 Å². The number of nitrogens with zero attached hydrogens (tertiary/aromatic N) is 2. The molecule has 0 N–H and O–H groups in total. The highest BCUT2D eigenvalue weighted by Crippen LogP contribution is 2.15. The van der Waals surface area contributed by atoms with Gasteiger partial charge in [0.05, 0.1) is 0 Å². The molecule has 0 spiro atoms. The van der Waals surface area contributed by atoms with E-state index in [2.05, 4.69) is 39.7 Å². The molecule has 3 heteroatoms. The van der Waals surface area contributed by atoms with Gasteiger partial charge in [0, 0.05) is 17.7 Å². The molecule has 0 amide bonds. The fourth-order valence-corrected chi connectivity index (χ4v) is 0.996. The normalized spacial score (nSPS) is 10.6. The summed E-state index contributed by atoms with van der Waals surface area (Å²) in [5, 5.41) is 0. The van der Waals surface area contributed by atoms with E-state index in [4.69, 9.17) is 0 Å². The lowest BCUT2D eigenvalue weighted by Gasteiger charge is -2.03. The van der Waals surface area contributed by atoms with Crippen LogP contribution in [0.15, 0.2) is 10.8 Å². The van der Waals surface area contributed by atoms with Crippen LogP contribution in [0, 0.1) is 6.92 Å². The second kappa shape index (κ2) is 3.30. The van der Waals surface area contributed by atoms with Crippen LogP contribution in [0.2, 0.25) is 0 Å². The molecule has 1 rings (SSSR count). The van der Waals surface area contributed by atoms with Gasteiger partial charge in [0.25, 0.3) is 0 Å². The summed E-state index contributed by atoms with van der Waals surface area (Å²) >= 11 is 3.36. The van der Waals surface area contributed by atoms with Crippen molar-refractivity contribution in [3.63, 3.8) is 0 Å². The first kappa shape index (κ1) is 8.65. The Morgan fingerprint density at radius 1 is 1.45 bits per heavy atom. The third kappa shape index (κ3) is 1.99. The Morgan fingerprint density at radius 3 is 2.55 bits per heavy atom. The van der Waals surface area contributed by atoms with E-state index in [0.717, 1.165) is 16.0 Å². The van der Waals surface area contributed by atoms with E-state index in [1.807, 2.05) is 13.1 Å². The minimum absolute atomic E-state index is 0.395. The Labute approximate surface area is 75.2 Å². The van der Waals surface area contributed by atoms with Crippen LogP contribution in [0.1, 0.15) is 31.2 Å². The molecule has 0 atom stereocenters. The summed E-state index contributed by atoms with van der Waals surface area (Å²) in [6.45, 7) is 6.14. The summed E-state index contributed by atoms with van der Waals surface area (Å²) < 4.78 is 0.899. The van der Waals surface area contributed by atoms with Crippen molar-refractivity contribution in [3.05, 3.63) is 22.2 Å². The minimum atomic E-state index is 0.395. The second-order valence-electron chi connectivity index (χ2n) is 2.86. The van der Waals surface area contributed by atoms with Crippen LogP contribution in [-0.2, 0) is 0 Å². The van der Waals surface area contributed by atoms with Gasteiger partial charge in [-0.1, -0.05) is 13.8 Å². The molecule has 1 heterocycles. The van der Waals surface area contributed by atoms with Crippen molar-refractivity contribution < 1.29 is 0 Å². The summed E-state index contributed by atoms with van der Waals surface area (Å²) in [5.41, 5.74) is 1.08. The number of aromatic nitrogens is 2. The average Bonchev–Trinajstić information content (AvgIpc) is 1.94. The van der Waals surface area contributed by atoms with Gasteiger partial charge in [0.1, 0.15) is 10.4 Å². The van der Waals surface area contributed by atoms with Crippen LogP contribution >= 0.6 is 15.9 Å². The third-order valence-electron chi connectivity index (χ3n) is 1.44. The van der Waals surface area contributed by atoms with Crippen LogP contribution in [0.5, 0.6) is 0 Å². The smallest absolute Gasteiger partial charge is 0.132 e. The quantitative estimate of drug-likeness (QED) is 0.673. The molecule has 11 heavy (non-hydrogen) atoms. The highest BCUT2D eigenvalue weighted by Gasteiger charge is 2.03. The van der Waals surface area contributed by atoms with Crippen LogP contribution in [0.4, 0.5) is 0 Å². The van der Waals surface area contributed by atoms with Crippen molar-refractivity contribution in [1.82, 2.24) is 9.97 Å². The molecule has 0 radical (unpaired) electrons. The van der Waals surface area contributed by atoms with Crippen molar-refractivity contribution in [2.45, 2.75) is 26.7 Å². The first-order valence-electron chi connectivity index (χ1n) is 3.60. The highest BCUT2D eigenvalue weighted by atomic mass is 79.9. The Morgan fingerprint density at radius 2 is 2.09 bits per heavy atom. The first-order valence-corrected chi connectivity index (χ1v) is 4.39. The van der Waals surface area contributed by atoms with Gasteiger partial charge < -0.3 is 0 Å². The number of halogens is 1. The largest absolute Gasteiger partial charge is 0.241 e. The summed E-state index contributed by atoms with van der Waals surface area (Å²) in [7, 11) is 0. The molecule has 0 unspecified atom stereocenters. The average molecular weight is 215 g/mol. The van der Waals surface area contributed by atoms with E-state index < -0.39 is 0 Å². The monoisotopic (exact) mass is 214 g/mol. The van der Waals surface area contributed by atoms with Crippen LogP contribution < -0.4 is 0 Å². The third-order valence-corrected chi connectivity index (χ3v) is 2.25. The molecule has 1 aromatic heterocycles. The molecular formula is C8H11BrN2. The van der Waals surface area contributed by atoms with Crippen molar-refractivity contribution in [2.24, 2.45) is 0 Å². The summed E-state index contributed by atoms with van der Waals surface area (Å²) in [6.07, 6.45) is 1.84. The van der Waals surface area contributed by atoms with E-state index in [-0.39, 0.29) is 0 Å². The fourth-order valence-electron chi connectivity index (χ4n) is 0.712. The number of rotatable bonds is 1. The second-order valence-corrected chi connectivity index (χ2v) is 3.61. The maximum Gasteiger partial charge on any atom is 0.132 e.